The Bertz CT molecular complexity index is 259. The van der Waals surface area contributed by atoms with Crippen LogP contribution in [0.15, 0.2) is 0 Å². The van der Waals surface area contributed by atoms with E-state index in [2.05, 4.69) is 18.9 Å². The van der Waals surface area contributed by atoms with Crippen LogP contribution >= 0.6 is 0 Å². The van der Waals surface area contributed by atoms with Crippen molar-refractivity contribution in [2.24, 2.45) is 11.1 Å². The molecular weight excluding hydrogens is 190 g/mol. The van der Waals surface area contributed by atoms with E-state index in [1.54, 1.807) is 0 Å². The van der Waals surface area contributed by atoms with E-state index >= 15 is 0 Å². The van der Waals surface area contributed by atoms with E-state index in [1.807, 2.05) is 4.90 Å². The van der Waals surface area contributed by atoms with Gasteiger partial charge in [0, 0.05) is 13.1 Å². The third-order valence-corrected chi connectivity index (χ3v) is 3.81. The first-order valence-electron chi connectivity index (χ1n) is 5.73. The number of rotatable bonds is 2. The number of carbonyl (C=O) groups excluding carboxylic acids is 1. The molecule has 2 N–H and O–H groups in total. The number of carbonyl (C=O) groups is 1. The summed E-state index contributed by atoms with van der Waals surface area (Å²) in [5.74, 6) is 0.134. The van der Waals surface area contributed by atoms with E-state index in [9.17, 15) is 4.79 Å². The van der Waals surface area contributed by atoms with Gasteiger partial charge in [-0.25, -0.2) is 0 Å². The molecule has 2 fully saturated rings. The van der Waals surface area contributed by atoms with Gasteiger partial charge in [-0.1, -0.05) is 6.92 Å². The third-order valence-electron chi connectivity index (χ3n) is 3.81. The normalized spacial score (nSPS) is 31.5. The van der Waals surface area contributed by atoms with Crippen molar-refractivity contribution >= 4 is 5.91 Å². The lowest BCUT2D eigenvalue weighted by molar-refractivity contribution is -0.145. The molecule has 0 radical (unpaired) electrons. The largest absolute Gasteiger partial charge is 0.339 e. The first-order valence-corrected chi connectivity index (χ1v) is 5.73. The minimum Gasteiger partial charge on any atom is -0.339 e. The number of β-lactam (4-membered cyclic amide) rings is 1. The van der Waals surface area contributed by atoms with Crippen LogP contribution in [0, 0.1) is 5.41 Å². The van der Waals surface area contributed by atoms with E-state index < -0.39 is 0 Å². The number of likely N-dealkylation sites (tertiary alicyclic amines) is 2. The maximum atomic E-state index is 11.4. The maximum absolute atomic E-state index is 11.4. The summed E-state index contributed by atoms with van der Waals surface area (Å²) in [7, 11) is 2.16. The number of amides is 1. The van der Waals surface area contributed by atoms with Gasteiger partial charge in [0.25, 0.3) is 0 Å². The monoisotopic (exact) mass is 211 g/mol. The van der Waals surface area contributed by atoms with Crippen molar-refractivity contribution < 1.29 is 4.79 Å². The lowest BCUT2D eigenvalue weighted by atomic mass is 9.79. The maximum Gasteiger partial charge on any atom is 0.241 e. The first kappa shape index (κ1) is 10.9. The average molecular weight is 211 g/mol. The van der Waals surface area contributed by atoms with E-state index in [4.69, 9.17) is 5.73 Å². The second-order valence-electron chi connectivity index (χ2n) is 5.44. The first-order chi connectivity index (χ1) is 7.00. The number of hydrogen-bond acceptors (Lipinski definition) is 3. The highest BCUT2D eigenvalue weighted by molar-refractivity contribution is 5.87. The molecule has 0 aliphatic carbocycles. The zero-order valence-corrected chi connectivity index (χ0v) is 9.70. The number of nitrogens with two attached hydrogens (primary N) is 1. The van der Waals surface area contributed by atoms with Gasteiger partial charge in [0.1, 0.15) is 6.04 Å². The summed E-state index contributed by atoms with van der Waals surface area (Å²) >= 11 is 0. The van der Waals surface area contributed by atoms with Crippen LogP contribution in [0.4, 0.5) is 0 Å². The highest BCUT2D eigenvalue weighted by Crippen LogP contribution is 2.32. The second-order valence-corrected chi connectivity index (χ2v) is 5.44. The van der Waals surface area contributed by atoms with Crippen LogP contribution in [0.2, 0.25) is 0 Å². The van der Waals surface area contributed by atoms with Gasteiger partial charge in [-0.2, -0.15) is 0 Å². The molecule has 0 saturated carbocycles. The number of nitrogens with zero attached hydrogens (tertiary/aromatic N) is 2. The van der Waals surface area contributed by atoms with Crippen molar-refractivity contribution in [2.75, 3.05) is 33.2 Å². The Balaban J connectivity index is 1.86. The van der Waals surface area contributed by atoms with Crippen molar-refractivity contribution in [2.45, 2.75) is 25.8 Å². The fourth-order valence-corrected chi connectivity index (χ4v) is 2.45. The SMILES string of the molecule is CN1CCC(C)(CN2CC(N)C2=O)CC1. The molecule has 15 heavy (non-hydrogen) atoms. The van der Waals surface area contributed by atoms with Crippen molar-refractivity contribution in [1.29, 1.82) is 0 Å². The Morgan fingerprint density at radius 3 is 2.53 bits per heavy atom. The zero-order chi connectivity index (χ0) is 11.1. The Hall–Kier alpha value is -0.610. The van der Waals surface area contributed by atoms with Crippen LogP contribution in [0.3, 0.4) is 0 Å². The van der Waals surface area contributed by atoms with Gasteiger partial charge in [-0.3, -0.25) is 4.79 Å². The zero-order valence-electron chi connectivity index (χ0n) is 9.70. The Labute approximate surface area is 91.4 Å². The molecule has 2 aliphatic heterocycles. The molecule has 0 aromatic heterocycles. The minimum absolute atomic E-state index is 0.134. The van der Waals surface area contributed by atoms with Gasteiger partial charge >= 0.3 is 0 Å². The van der Waals surface area contributed by atoms with E-state index in [1.165, 1.54) is 12.8 Å². The molecule has 2 saturated heterocycles. The van der Waals surface area contributed by atoms with E-state index in [0.29, 0.717) is 5.41 Å². The van der Waals surface area contributed by atoms with Gasteiger partial charge in [0.2, 0.25) is 5.91 Å². The van der Waals surface area contributed by atoms with Crippen LogP contribution in [0.25, 0.3) is 0 Å². The van der Waals surface area contributed by atoms with Crippen molar-refractivity contribution in [3.8, 4) is 0 Å². The minimum atomic E-state index is -0.222. The Morgan fingerprint density at radius 2 is 2.07 bits per heavy atom. The van der Waals surface area contributed by atoms with Gasteiger partial charge < -0.3 is 15.5 Å². The lowest BCUT2D eigenvalue weighted by Gasteiger charge is -2.45. The topological polar surface area (TPSA) is 49.6 Å². The molecule has 1 amide bonds. The number of piperidine rings is 1. The smallest absolute Gasteiger partial charge is 0.241 e. The summed E-state index contributed by atoms with van der Waals surface area (Å²) in [5.41, 5.74) is 5.89. The molecule has 86 valence electrons. The standard InChI is InChI=1S/C11H21N3O/c1-11(3-5-13(2)6-4-11)8-14-7-9(12)10(14)15/h9H,3-8,12H2,1-2H3. The molecule has 0 spiro atoms. The summed E-state index contributed by atoms with van der Waals surface area (Å²) < 4.78 is 0. The van der Waals surface area contributed by atoms with Crippen LogP contribution in [-0.2, 0) is 4.79 Å². The molecule has 1 atom stereocenters. The van der Waals surface area contributed by atoms with E-state index in [0.717, 1.165) is 26.2 Å². The summed E-state index contributed by atoms with van der Waals surface area (Å²) in [4.78, 5) is 15.7. The van der Waals surface area contributed by atoms with Gasteiger partial charge in [0.05, 0.1) is 0 Å². The molecule has 0 aromatic rings. The molecule has 2 aliphatic rings. The molecule has 1 unspecified atom stereocenters. The summed E-state index contributed by atoms with van der Waals surface area (Å²) in [6, 6.07) is -0.222. The lowest BCUT2D eigenvalue weighted by Crippen LogP contribution is -2.63. The summed E-state index contributed by atoms with van der Waals surface area (Å²) in [6.07, 6.45) is 2.37. The molecular formula is C11H21N3O. The van der Waals surface area contributed by atoms with Crippen molar-refractivity contribution in [3.63, 3.8) is 0 Å². The summed E-state index contributed by atoms with van der Waals surface area (Å²) in [6.45, 7) is 6.23. The van der Waals surface area contributed by atoms with Crippen LogP contribution in [0.1, 0.15) is 19.8 Å². The third kappa shape index (κ3) is 2.16. The molecule has 4 nitrogen and oxygen atoms in total. The predicted octanol–water partition coefficient (Wildman–Crippen LogP) is -0.112. The van der Waals surface area contributed by atoms with Crippen LogP contribution in [-0.4, -0.2) is 55.0 Å². The van der Waals surface area contributed by atoms with Gasteiger partial charge in [-0.15, -0.1) is 0 Å². The molecule has 2 heterocycles. The highest BCUT2D eigenvalue weighted by Gasteiger charge is 2.39. The van der Waals surface area contributed by atoms with Gasteiger partial charge in [-0.05, 0) is 38.4 Å². The average Bonchev–Trinajstić information content (AvgIpc) is 2.22. The Morgan fingerprint density at radius 1 is 1.47 bits per heavy atom. The second kappa shape index (κ2) is 3.76. The molecule has 2 rings (SSSR count). The Kier molecular flexibility index (Phi) is 2.73. The van der Waals surface area contributed by atoms with E-state index in [-0.39, 0.29) is 11.9 Å². The van der Waals surface area contributed by atoms with Crippen LogP contribution < -0.4 is 5.73 Å². The predicted molar refractivity (Wildman–Crippen MR) is 59.4 cm³/mol. The molecule has 4 heteroatoms. The molecule has 0 aromatic carbocycles. The van der Waals surface area contributed by atoms with Crippen molar-refractivity contribution in [3.05, 3.63) is 0 Å². The molecule has 0 bridgehead atoms. The van der Waals surface area contributed by atoms with Gasteiger partial charge in [0.15, 0.2) is 0 Å². The van der Waals surface area contributed by atoms with Crippen LogP contribution in [0.5, 0.6) is 0 Å². The summed E-state index contributed by atoms with van der Waals surface area (Å²) in [5, 5.41) is 0. The quantitative estimate of drug-likeness (QED) is 0.648. The van der Waals surface area contributed by atoms with Crippen molar-refractivity contribution in [1.82, 2.24) is 9.80 Å². The fraction of sp³-hybridized carbons (Fsp3) is 0.909. The number of hydrogen-bond donors (Lipinski definition) is 1. The fourth-order valence-electron chi connectivity index (χ4n) is 2.45. The highest BCUT2D eigenvalue weighted by atomic mass is 16.2.